The van der Waals surface area contributed by atoms with E-state index in [9.17, 15) is 0 Å². The molecule has 0 N–H and O–H groups in total. The monoisotopic (exact) mass is 303 g/mol. The lowest BCUT2D eigenvalue weighted by molar-refractivity contribution is 1.30. The maximum atomic E-state index is 5.94. The van der Waals surface area contributed by atoms with Crippen molar-refractivity contribution in [3.05, 3.63) is 83.4 Å². The summed E-state index contributed by atoms with van der Waals surface area (Å²) in [5, 5.41) is 3.31. The summed E-state index contributed by atoms with van der Waals surface area (Å²) in [5.41, 5.74) is 3.56. The SMILES string of the molecule is Clc1ccc(C=Cn2c3ccccc3c3ccccc32)cc1. The van der Waals surface area contributed by atoms with Crippen molar-refractivity contribution in [1.82, 2.24) is 4.57 Å². The van der Waals surface area contributed by atoms with Crippen molar-refractivity contribution >= 4 is 45.7 Å². The van der Waals surface area contributed by atoms with Gasteiger partial charge < -0.3 is 4.57 Å². The van der Waals surface area contributed by atoms with E-state index in [1.807, 2.05) is 24.3 Å². The van der Waals surface area contributed by atoms with Crippen molar-refractivity contribution in [2.24, 2.45) is 0 Å². The molecule has 0 saturated carbocycles. The lowest BCUT2D eigenvalue weighted by atomic mass is 10.2. The Bertz CT molecular complexity index is 924. The number of hydrogen-bond acceptors (Lipinski definition) is 0. The van der Waals surface area contributed by atoms with Crippen molar-refractivity contribution in [3.63, 3.8) is 0 Å². The first-order valence-electron chi connectivity index (χ1n) is 7.24. The van der Waals surface area contributed by atoms with Crippen LogP contribution in [-0.2, 0) is 0 Å². The molecule has 0 spiro atoms. The Labute approximate surface area is 134 Å². The summed E-state index contributed by atoms with van der Waals surface area (Å²) in [5.74, 6) is 0. The molecule has 1 aromatic heterocycles. The minimum Gasteiger partial charge on any atom is -0.316 e. The van der Waals surface area contributed by atoms with E-state index in [1.165, 1.54) is 21.8 Å². The minimum atomic E-state index is 0.758. The predicted octanol–water partition coefficient (Wildman–Crippen LogP) is 6.08. The second kappa shape index (κ2) is 5.36. The van der Waals surface area contributed by atoms with E-state index in [-0.39, 0.29) is 0 Å². The topological polar surface area (TPSA) is 4.93 Å². The highest BCUT2D eigenvalue weighted by Gasteiger charge is 2.07. The summed E-state index contributed by atoms with van der Waals surface area (Å²) < 4.78 is 2.24. The molecule has 0 saturated heterocycles. The van der Waals surface area contributed by atoms with Crippen molar-refractivity contribution in [2.75, 3.05) is 0 Å². The van der Waals surface area contributed by atoms with Crippen LogP contribution in [0.4, 0.5) is 0 Å². The van der Waals surface area contributed by atoms with Gasteiger partial charge in [-0.1, -0.05) is 60.1 Å². The Balaban J connectivity index is 1.91. The quantitative estimate of drug-likeness (QED) is 0.423. The van der Waals surface area contributed by atoms with Crippen LogP contribution in [0.2, 0.25) is 5.02 Å². The van der Waals surface area contributed by atoms with Gasteiger partial charge in [0.1, 0.15) is 0 Å². The summed E-state index contributed by atoms with van der Waals surface area (Å²) in [6.45, 7) is 0. The molecule has 3 aromatic carbocycles. The third-order valence-electron chi connectivity index (χ3n) is 3.90. The van der Waals surface area contributed by atoms with Gasteiger partial charge in [-0.05, 0) is 35.9 Å². The molecule has 0 radical (unpaired) electrons. The summed E-state index contributed by atoms with van der Waals surface area (Å²) >= 11 is 5.94. The summed E-state index contributed by atoms with van der Waals surface area (Å²) in [6.07, 6.45) is 4.23. The van der Waals surface area contributed by atoms with Crippen LogP contribution in [0.1, 0.15) is 5.56 Å². The molecule has 0 amide bonds. The lowest BCUT2D eigenvalue weighted by Crippen LogP contribution is -1.85. The average Bonchev–Trinajstić information content (AvgIpc) is 2.89. The van der Waals surface area contributed by atoms with Crippen LogP contribution in [0.15, 0.2) is 72.8 Å². The number of aromatic nitrogens is 1. The van der Waals surface area contributed by atoms with Crippen LogP contribution in [-0.4, -0.2) is 4.57 Å². The van der Waals surface area contributed by atoms with E-state index in [0.29, 0.717) is 0 Å². The maximum absolute atomic E-state index is 5.94. The predicted molar refractivity (Wildman–Crippen MR) is 96.1 cm³/mol. The van der Waals surface area contributed by atoms with E-state index in [1.54, 1.807) is 0 Å². The Hall–Kier alpha value is -2.51. The molecule has 2 heteroatoms. The lowest BCUT2D eigenvalue weighted by Gasteiger charge is -2.00. The molecule has 0 aliphatic heterocycles. The molecule has 0 aliphatic carbocycles. The van der Waals surface area contributed by atoms with Crippen LogP contribution in [0.25, 0.3) is 34.1 Å². The van der Waals surface area contributed by atoms with Gasteiger partial charge >= 0.3 is 0 Å². The molecule has 106 valence electrons. The van der Waals surface area contributed by atoms with E-state index in [4.69, 9.17) is 11.6 Å². The molecule has 22 heavy (non-hydrogen) atoms. The van der Waals surface area contributed by atoms with Gasteiger partial charge in [0, 0.05) is 22.0 Å². The van der Waals surface area contributed by atoms with E-state index < -0.39 is 0 Å². The minimum absolute atomic E-state index is 0.758. The molecule has 0 bridgehead atoms. The summed E-state index contributed by atoms with van der Waals surface area (Å²) in [7, 11) is 0. The standard InChI is InChI=1S/C20H14ClN/c21-16-11-9-15(10-12-16)13-14-22-19-7-3-1-5-17(19)18-6-2-4-8-20(18)22/h1-14H. The number of benzene rings is 3. The van der Waals surface area contributed by atoms with Gasteiger partial charge in [0.2, 0.25) is 0 Å². The molecule has 0 aliphatic rings. The number of hydrogen-bond donors (Lipinski definition) is 0. The van der Waals surface area contributed by atoms with E-state index in [2.05, 4.69) is 65.4 Å². The van der Waals surface area contributed by atoms with Crippen molar-refractivity contribution in [2.45, 2.75) is 0 Å². The van der Waals surface area contributed by atoms with Gasteiger partial charge in [0.05, 0.1) is 11.0 Å². The van der Waals surface area contributed by atoms with Gasteiger partial charge in [-0.2, -0.15) is 0 Å². The molecule has 0 atom stereocenters. The third-order valence-corrected chi connectivity index (χ3v) is 4.16. The Kier molecular flexibility index (Phi) is 3.21. The van der Waals surface area contributed by atoms with E-state index in [0.717, 1.165) is 10.6 Å². The number of halogens is 1. The molecule has 1 heterocycles. The average molecular weight is 304 g/mol. The van der Waals surface area contributed by atoms with Crippen molar-refractivity contribution in [3.8, 4) is 0 Å². The summed E-state index contributed by atoms with van der Waals surface area (Å²) in [6, 6.07) is 24.8. The van der Waals surface area contributed by atoms with Crippen LogP contribution in [0, 0.1) is 0 Å². The molecule has 0 fully saturated rings. The van der Waals surface area contributed by atoms with Crippen molar-refractivity contribution < 1.29 is 0 Å². The molecular weight excluding hydrogens is 290 g/mol. The zero-order valence-electron chi connectivity index (χ0n) is 11.9. The van der Waals surface area contributed by atoms with Gasteiger partial charge in [0.15, 0.2) is 0 Å². The third kappa shape index (κ3) is 2.20. The molecule has 4 aromatic rings. The second-order valence-electron chi connectivity index (χ2n) is 5.27. The van der Waals surface area contributed by atoms with Gasteiger partial charge in [-0.3, -0.25) is 0 Å². The van der Waals surface area contributed by atoms with Crippen LogP contribution in [0.3, 0.4) is 0 Å². The number of fused-ring (bicyclic) bond motifs is 3. The fourth-order valence-electron chi connectivity index (χ4n) is 2.85. The van der Waals surface area contributed by atoms with Gasteiger partial charge in [0.25, 0.3) is 0 Å². The van der Waals surface area contributed by atoms with Crippen LogP contribution < -0.4 is 0 Å². The highest BCUT2D eigenvalue weighted by molar-refractivity contribution is 6.30. The number of rotatable bonds is 2. The van der Waals surface area contributed by atoms with Crippen LogP contribution in [0.5, 0.6) is 0 Å². The Morgan fingerprint density at radius 2 is 1.23 bits per heavy atom. The van der Waals surface area contributed by atoms with Crippen molar-refractivity contribution in [1.29, 1.82) is 0 Å². The first-order chi connectivity index (χ1) is 10.8. The number of nitrogens with zero attached hydrogens (tertiary/aromatic N) is 1. The van der Waals surface area contributed by atoms with Crippen LogP contribution >= 0.6 is 11.6 Å². The zero-order chi connectivity index (χ0) is 14.9. The van der Waals surface area contributed by atoms with Gasteiger partial charge in [-0.25, -0.2) is 0 Å². The normalized spacial score (nSPS) is 11.7. The zero-order valence-corrected chi connectivity index (χ0v) is 12.7. The second-order valence-corrected chi connectivity index (χ2v) is 5.71. The Morgan fingerprint density at radius 1 is 0.682 bits per heavy atom. The first kappa shape index (κ1) is 13.2. The fraction of sp³-hybridized carbons (Fsp3) is 0. The first-order valence-corrected chi connectivity index (χ1v) is 7.62. The molecular formula is C20H14ClN. The smallest absolute Gasteiger partial charge is 0.0534 e. The van der Waals surface area contributed by atoms with Gasteiger partial charge in [-0.15, -0.1) is 0 Å². The molecule has 1 nitrogen and oxygen atoms in total. The Morgan fingerprint density at radius 3 is 1.82 bits per heavy atom. The summed E-state index contributed by atoms with van der Waals surface area (Å²) in [4.78, 5) is 0. The highest BCUT2D eigenvalue weighted by atomic mass is 35.5. The number of para-hydroxylation sites is 2. The maximum Gasteiger partial charge on any atom is 0.0534 e. The van der Waals surface area contributed by atoms with E-state index >= 15 is 0 Å². The molecule has 0 unspecified atom stereocenters. The highest BCUT2D eigenvalue weighted by Crippen LogP contribution is 2.29. The molecule has 4 rings (SSSR count). The largest absolute Gasteiger partial charge is 0.316 e. The fourth-order valence-corrected chi connectivity index (χ4v) is 2.97.